The Kier molecular flexibility index (Phi) is 5.46. The van der Waals surface area contributed by atoms with Crippen LogP contribution >= 0.6 is 0 Å². The summed E-state index contributed by atoms with van der Waals surface area (Å²) in [7, 11) is 0. The second-order valence-corrected chi connectivity index (χ2v) is 5.69. The molecule has 122 valence electrons. The number of nitrogens with one attached hydrogen (secondary N) is 1. The smallest absolute Gasteiger partial charge is 0.308 e. The number of hydrogen-bond acceptors (Lipinski definition) is 5. The largest absolute Gasteiger partial charge is 0.481 e. The molecule has 0 aliphatic rings. The Balaban J connectivity index is 1.98. The number of aromatic nitrogens is 2. The summed E-state index contributed by atoms with van der Waals surface area (Å²) >= 11 is 0. The first-order valence-corrected chi connectivity index (χ1v) is 7.35. The topological polar surface area (TPSA) is 105 Å². The van der Waals surface area contributed by atoms with Gasteiger partial charge >= 0.3 is 5.97 Å². The molecule has 0 spiro atoms. The summed E-state index contributed by atoms with van der Waals surface area (Å²) in [5, 5.41) is 15.5. The third kappa shape index (κ3) is 4.64. The van der Waals surface area contributed by atoms with Crippen LogP contribution < -0.4 is 5.32 Å². The number of carboxylic acid groups (broad SMARTS) is 1. The van der Waals surface area contributed by atoms with E-state index in [9.17, 15) is 9.59 Å². The molecule has 2 N–H and O–H groups in total. The molecular formula is C16H19N3O4. The maximum Gasteiger partial charge on any atom is 0.308 e. The van der Waals surface area contributed by atoms with Crippen molar-refractivity contribution >= 4 is 11.9 Å². The van der Waals surface area contributed by atoms with Crippen molar-refractivity contribution < 1.29 is 19.2 Å². The normalized spacial score (nSPS) is 12.1. The van der Waals surface area contributed by atoms with Gasteiger partial charge in [0.15, 0.2) is 11.5 Å². The molecule has 0 saturated heterocycles. The lowest BCUT2D eigenvalue weighted by molar-refractivity contribution is -0.142. The number of nitrogens with zero attached hydrogens (tertiary/aromatic N) is 2. The molecule has 7 heteroatoms. The number of pyridine rings is 1. The number of carbonyl (C=O) groups excluding carboxylic acids is 1. The van der Waals surface area contributed by atoms with Crippen molar-refractivity contribution in [3.63, 3.8) is 0 Å². The monoisotopic (exact) mass is 317 g/mol. The van der Waals surface area contributed by atoms with Crippen molar-refractivity contribution in [3.8, 4) is 11.3 Å². The highest BCUT2D eigenvalue weighted by Crippen LogP contribution is 2.19. The standard InChI is InChI=1S/C16H19N3O4/c1-10(2)6-12(16(21)22)9-18-15(20)13-7-14(23-19-13)11-4-3-5-17-8-11/h3-5,7-8,10,12H,6,9H2,1-2H3,(H,18,20)(H,21,22). The summed E-state index contributed by atoms with van der Waals surface area (Å²) in [5.74, 6) is -1.34. The van der Waals surface area contributed by atoms with E-state index in [0.717, 1.165) is 0 Å². The minimum absolute atomic E-state index is 0.0570. The molecule has 1 unspecified atom stereocenters. The lowest BCUT2D eigenvalue weighted by atomic mass is 9.97. The fourth-order valence-electron chi connectivity index (χ4n) is 2.17. The van der Waals surface area contributed by atoms with Gasteiger partial charge in [-0.2, -0.15) is 0 Å². The number of carbonyl (C=O) groups is 2. The van der Waals surface area contributed by atoms with Crippen LogP contribution in [0, 0.1) is 11.8 Å². The van der Waals surface area contributed by atoms with Gasteiger partial charge in [-0.1, -0.05) is 19.0 Å². The highest BCUT2D eigenvalue weighted by atomic mass is 16.5. The molecular weight excluding hydrogens is 298 g/mol. The van der Waals surface area contributed by atoms with E-state index < -0.39 is 17.8 Å². The molecule has 1 atom stereocenters. The van der Waals surface area contributed by atoms with E-state index >= 15 is 0 Å². The van der Waals surface area contributed by atoms with E-state index in [1.54, 1.807) is 24.5 Å². The summed E-state index contributed by atoms with van der Waals surface area (Å²) < 4.78 is 5.12. The number of hydrogen-bond donors (Lipinski definition) is 2. The van der Waals surface area contributed by atoms with Crippen molar-refractivity contribution in [2.45, 2.75) is 20.3 Å². The van der Waals surface area contributed by atoms with Crippen LogP contribution in [0.1, 0.15) is 30.8 Å². The quantitative estimate of drug-likeness (QED) is 0.811. The van der Waals surface area contributed by atoms with Crippen LogP contribution in [-0.2, 0) is 4.79 Å². The van der Waals surface area contributed by atoms with Crippen molar-refractivity contribution in [2.24, 2.45) is 11.8 Å². The summed E-state index contributed by atoms with van der Waals surface area (Å²) in [6.07, 6.45) is 3.73. The van der Waals surface area contributed by atoms with Crippen LogP contribution in [0.3, 0.4) is 0 Å². The van der Waals surface area contributed by atoms with Gasteiger partial charge in [0.05, 0.1) is 5.92 Å². The molecule has 0 aliphatic carbocycles. The van der Waals surface area contributed by atoms with E-state index in [1.165, 1.54) is 6.07 Å². The van der Waals surface area contributed by atoms with Crippen LogP contribution in [0.5, 0.6) is 0 Å². The first-order chi connectivity index (χ1) is 11.0. The van der Waals surface area contributed by atoms with Crippen molar-refractivity contribution in [2.75, 3.05) is 6.54 Å². The molecule has 0 saturated carbocycles. The molecule has 0 radical (unpaired) electrons. The molecule has 23 heavy (non-hydrogen) atoms. The first kappa shape index (κ1) is 16.7. The number of amides is 1. The molecule has 2 aromatic heterocycles. The lowest BCUT2D eigenvalue weighted by Crippen LogP contribution is -2.33. The van der Waals surface area contributed by atoms with Gasteiger partial charge in [0, 0.05) is 30.6 Å². The van der Waals surface area contributed by atoms with Gasteiger partial charge in [-0.3, -0.25) is 14.6 Å². The molecule has 2 aromatic rings. The Morgan fingerprint density at radius 1 is 1.39 bits per heavy atom. The summed E-state index contributed by atoms with van der Waals surface area (Å²) in [4.78, 5) is 27.2. The summed E-state index contributed by atoms with van der Waals surface area (Å²) in [6, 6.07) is 5.05. The van der Waals surface area contributed by atoms with Crippen LogP contribution in [0.2, 0.25) is 0 Å². The van der Waals surface area contributed by atoms with Crippen LogP contribution in [0.15, 0.2) is 35.1 Å². The Morgan fingerprint density at radius 3 is 2.78 bits per heavy atom. The fourth-order valence-corrected chi connectivity index (χ4v) is 2.17. The second kappa shape index (κ2) is 7.53. The summed E-state index contributed by atoms with van der Waals surface area (Å²) in [6.45, 7) is 3.94. The SMILES string of the molecule is CC(C)CC(CNC(=O)c1cc(-c2cccnc2)on1)C(=O)O. The van der Waals surface area contributed by atoms with E-state index in [0.29, 0.717) is 17.7 Å². The molecule has 2 rings (SSSR count). The van der Waals surface area contributed by atoms with E-state index in [2.05, 4.69) is 15.5 Å². The van der Waals surface area contributed by atoms with E-state index in [1.807, 2.05) is 13.8 Å². The molecule has 2 heterocycles. The van der Waals surface area contributed by atoms with E-state index in [4.69, 9.17) is 9.63 Å². The Labute approximate surface area is 133 Å². The fraction of sp³-hybridized carbons (Fsp3) is 0.375. The average molecular weight is 317 g/mol. The second-order valence-electron chi connectivity index (χ2n) is 5.69. The minimum Gasteiger partial charge on any atom is -0.481 e. The Hall–Kier alpha value is -2.70. The maximum atomic E-state index is 12.1. The zero-order valence-corrected chi connectivity index (χ0v) is 13.0. The van der Waals surface area contributed by atoms with Gasteiger partial charge in [0.2, 0.25) is 0 Å². The zero-order valence-electron chi connectivity index (χ0n) is 13.0. The third-order valence-corrected chi connectivity index (χ3v) is 3.30. The first-order valence-electron chi connectivity index (χ1n) is 7.35. The zero-order chi connectivity index (χ0) is 16.8. The third-order valence-electron chi connectivity index (χ3n) is 3.30. The Bertz CT molecular complexity index is 667. The molecule has 1 amide bonds. The highest BCUT2D eigenvalue weighted by molar-refractivity contribution is 5.93. The van der Waals surface area contributed by atoms with Crippen LogP contribution in [0.25, 0.3) is 11.3 Å². The van der Waals surface area contributed by atoms with Crippen molar-refractivity contribution in [3.05, 3.63) is 36.3 Å². The molecule has 7 nitrogen and oxygen atoms in total. The minimum atomic E-state index is -0.921. The predicted molar refractivity (Wildman–Crippen MR) is 82.6 cm³/mol. The molecule has 0 fully saturated rings. The average Bonchev–Trinajstić information content (AvgIpc) is 3.01. The highest BCUT2D eigenvalue weighted by Gasteiger charge is 2.21. The number of carboxylic acids is 1. The predicted octanol–water partition coefficient (Wildman–Crippen LogP) is 2.21. The number of aliphatic carboxylic acids is 1. The van der Waals surface area contributed by atoms with Gasteiger partial charge in [-0.05, 0) is 24.5 Å². The summed E-state index contributed by atoms with van der Waals surface area (Å²) in [5.41, 5.74) is 0.819. The van der Waals surface area contributed by atoms with Gasteiger partial charge in [0.1, 0.15) is 0 Å². The van der Waals surface area contributed by atoms with Crippen LogP contribution in [0.4, 0.5) is 0 Å². The van der Waals surface area contributed by atoms with Crippen LogP contribution in [-0.4, -0.2) is 33.7 Å². The lowest BCUT2D eigenvalue weighted by Gasteiger charge is -2.14. The molecule has 0 aliphatic heterocycles. The maximum absolute atomic E-state index is 12.1. The van der Waals surface area contributed by atoms with Gasteiger partial charge < -0.3 is 14.9 Å². The van der Waals surface area contributed by atoms with Gasteiger partial charge in [-0.15, -0.1) is 0 Å². The van der Waals surface area contributed by atoms with Gasteiger partial charge in [-0.25, -0.2) is 0 Å². The molecule has 0 aromatic carbocycles. The molecule has 0 bridgehead atoms. The Morgan fingerprint density at radius 2 is 2.17 bits per heavy atom. The van der Waals surface area contributed by atoms with Crippen molar-refractivity contribution in [1.82, 2.24) is 15.5 Å². The number of rotatable bonds is 7. The van der Waals surface area contributed by atoms with Crippen molar-refractivity contribution in [1.29, 1.82) is 0 Å². The van der Waals surface area contributed by atoms with Gasteiger partial charge in [0.25, 0.3) is 5.91 Å². The van der Waals surface area contributed by atoms with E-state index in [-0.39, 0.29) is 18.2 Å².